The van der Waals surface area contributed by atoms with Crippen LogP contribution in [0.15, 0.2) is 30.6 Å². The lowest BCUT2D eigenvalue weighted by Gasteiger charge is -2.31. The molecule has 0 bridgehead atoms. The average molecular weight is 485 g/mol. The number of alkyl halides is 3. The second-order valence-electron chi connectivity index (χ2n) is 8.78. The summed E-state index contributed by atoms with van der Waals surface area (Å²) in [4.78, 5) is 12.4. The maximum absolute atomic E-state index is 12.8. The lowest BCUT2D eigenvalue weighted by atomic mass is 9.90. The van der Waals surface area contributed by atoms with E-state index in [0.29, 0.717) is 27.8 Å². The van der Waals surface area contributed by atoms with Gasteiger partial charge in [0.05, 0.1) is 11.8 Å². The molecule has 3 aromatic heterocycles. The Bertz CT molecular complexity index is 1380. The molecule has 0 atom stereocenters. The molecule has 0 aliphatic heterocycles. The highest BCUT2D eigenvalue weighted by molar-refractivity contribution is 7.18. The van der Waals surface area contributed by atoms with Crippen LogP contribution in [-0.4, -0.2) is 33.2 Å². The number of hydrogen-bond acceptors (Lipinski definition) is 6. The van der Waals surface area contributed by atoms with Gasteiger partial charge in [-0.05, 0) is 62.4 Å². The van der Waals surface area contributed by atoms with Crippen molar-refractivity contribution in [1.82, 2.24) is 15.0 Å². The van der Waals surface area contributed by atoms with Gasteiger partial charge in [-0.2, -0.15) is 18.4 Å². The summed E-state index contributed by atoms with van der Waals surface area (Å²) in [6.45, 7) is 2.06. The first-order chi connectivity index (χ1) is 16.3. The van der Waals surface area contributed by atoms with E-state index in [2.05, 4.69) is 38.6 Å². The summed E-state index contributed by atoms with van der Waals surface area (Å²) >= 11 is 1.07. The fraction of sp³-hybridized carbons (Fsp3) is 0.375. The van der Waals surface area contributed by atoms with Crippen LogP contribution in [0.4, 0.5) is 24.7 Å². The molecule has 6 nitrogen and oxygen atoms in total. The van der Waals surface area contributed by atoms with Gasteiger partial charge in [-0.1, -0.05) is 0 Å². The SMILES string of the molecule is Cc1c(NC2CCC(Nc3ncnc4sc(CC(F)(F)F)cc34)CC2)ccc2[nH]c(C#N)cc12. The van der Waals surface area contributed by atoms with Crippen LogP contribution >= 0.6 is 11.3 Å². The number of aryl methyl sites for hydroxylation is 1. The van der Waals surface area contributed by atoms with Gasteiger partial charge in [-0.25, -0.2) is 9.97 Å². The second-order valence-corrected chi connectivity index (χ2v) is 9.89. The molecule has 1 fully saturated rings. The molecule has 4 aromatic rings. The molecule has 1 saturated carbocycles. The molecule has 0 radical (unpaired) electrons. The monoisotopic (exact) mass is 484 g/mol. The van der Waals surface area contributed by atoms with Crippen LogP contribution in [-0.2, 0) is 6.42 Å². The van der Waals surface area contributed by atoms with Crippen molar-refractivity contribution in [3.8, 4) is 6.07 Å². The molecular weight excluding hydrogens is 461 g/mol. The van der Waals surface area contributed by atoms with Crippen LogP contribution in [0.3, 0.4) is 0 Å². The molecule has 0 unspecified atom stereocenters. The summed E-state index contributed by atoms with van der Waals surface area (Å²) in [7, 11) is 0. The van der Waals surface area contributed by atoms with Crippen molar-refractivity contribution >= 4 is 44.0 Å². The van der Waals surface area contributed by atoms with E-state index in [4.69, 9.17) is 5.26 Å². The van der Waals surface area contributed by atoms with Crippen molar-refractivity contribution in [1.29, 1.82) is 5.26 Å². The van der Waals surface area contributed by atoms with E-state index in [1.54, 1.807) is 6.07 Å². The van der Waals surface area contributed by atoms with Crippen LogP contribution < -0.4 is 10.6 Å². The number of nitrogens with zero attached hydrogens (tertiary/aromatic N) is 3. The number of anilines is 2. The number of rotatable bonds is 5. The van der Waals surface area contributed by atoms with Gasteiger partial charge in [0.2, 0.25) is 0 Å². The number of hydrogen-bond donors (Lipinski definition) is 3. The fourth-order valence-corrected chi connectivity index (χ4v) is 5.69. The largest absolute Gasteiger partial charge is 0.393 e. The first kappa shape index (κ1) is 22.5. The predicted molar refractivity (Wildman–Crippen MR) is 128 cm³/mol. The molecule has 1 aliphatic rings. The van der Waals surface area contributed by atoms with E-state index in [-0.39, 0.29) is 10.9 Å². The van der Waals surface area contributed by atoms with Crippen molar-refractivity contribution in [2.24, 2.45) is 0 Å². The van der Waals surface area contributed by atoms with E-state index in [0.717, 1.165) is 59.2 Å². The van der Waals surface area contributed by atoms with Crippen LogP contribution in [0.25, 0.3) is 21.1 Å². The molecule has 0 saturated heterocycles. The molecule has 34 heavy (non-hydrogen) atoms. The number of nitriles is 1. The van der Waals surface area contributed by atoms with Crippen LogP contribution in [0.2, 0.25) is 0 Å². The number of nitrogens with one attached hydrogen (secondary N) is 3. The van der Waals surface area contributed by atoms with Gasteiger partial charge in [0, 0.05) is 33.6 Å². The summed E-state index contributed by atoms with van der Waals surface area (Å²) < 4.78 is 38.4. The smallest absolute Gasteiger partial charge is 0.382 e. The third kappa shape index (κ3) is 4.66. The Morgan fingerprint density at radius 3 is 2.53 bits per heavy atom. The maximum atomic E-state index is 12.8. The Morgan fingerprint density at radius 1 is 1.09 bits per heavy atom. The fourth-order valence-electron chi connectivity index (χ4n) is 4.67. The van der Waals surface area contributed by atoms with Crippen molar-refractivity contribution < 1.29 is 13.2 Å². The third-order valence-corrected chi connectivity index (χ3v) is 7.42. The zero-order valence-corrected chi connectivity index (χ0v) is 19.3. The highest BCUT2D eigenvalue weighted by Crippen LogP contribution is 2.34. The van der Waals surface area contributed by atoms with Crippen molar-refractivity contribution in [2.75, 3.05) is 10.6 Å². The number of halogens is 3. The van der Waals surface area contributed by atoms with Crippen molar-refractivity contribution in [3.05, 3.63) is 46.7 Å². The van der Waals surface area contributed by atoms with Crippen LogP contribution in [0.1, 0.15) is 41.8 Å². The van der Waals surface area contributed by atoms with Gasteiger partial charge in [-0.3, -0.25) is 0 Å². The first-order valence-corrected chi connectivity index (χ1v) is 12.0. The molecule has 0 amide bonds. The molecule has 3 heterocycles. The van der Waals surface area contributed by atoms with Gasteiger partial charge in [0.15, 0.2) is 0 Å². The topological polar surface area (TPSA) is 89.4 Å². The molecule has 1 aliphatic carbocycles. The van der Waals surface area contributed by atoms with Gasteiger partial charge in [0.1, 0.15) is 28.7 Å². The lowest BCUT2D eigenvalue weighted by Crippen LogP contribution is -2.32. The minimum atomic E-state index is -4.24. The summed E-state index contributed by atoms with van der Waals surface area (Å²) in [6, 6.07) is 10.2. The quantitative estimate of drug-likeness (QED) is 0.310. The van der Waals surface area contributed by atoms with Crippen LogP contribution in [0, 0.1) is 18.3 Å². The minimum Gasteiger partial charge on any atom is -0.382 e. The van der Waals surface area contributed by atoms with Gasteiger partial charge >= 0.3 is 6.18 Å². The summed E-state index contributed by atoms with van der Waals surface area (Å²) in [5, 5.41) is 17.9. The van der Waals surface area contributed by atoms with Crippen molar-refractivity contribution in [2.45, 2.75) is 57.3 Å². The normalized spacial score (nSPS) is 18.8. The Kier molecular flexibility index (Phi) is 5.81. The van der Waals surface area contributed by atoms with E-state index in [1.807, 2.05) is 18.2 Å². The number of aromatic amines is 1. The number of fused-ring (bicyclic) bond motifs is 2. The first-order valence-electron chi connectivity index (χ1n) is 11.1. The molecule has 0 spiro atoms. The van der Waals surface area contributed by atoms with E-state index in [9.17, 15) is 13.2 Å². The second kappa shape index (κ2) is 8.80. The molecule has 10 heteroatoms. The van der Waals surface area contributed by atoms with Gasteiger partial charge < -0.3 is 15.6 Å². The lowest BCUT2D eigenvalue weighted by molar-refractivity contribution is -0.126. The number of H-pyrrole nitrogens is 1. The summed E-state index contributed by atoms with van der Waals surface area (Å²) in [5.41, 5.74) is 3.69. The Hall–Kier alpha value is -3.32. The number of benzene rings is 1. The predicted octanol–water partition coefficient (Wildman–Crippen LogP) is 6.29. The molecule has 1 aromatic carbocycles. The zero-order valence-electron chi connectivity index (χ0n) is 18.5. The maximum Gasteiger partial charge on any atom is 0.393 e. The van der Waals surface area contributed by atoms with Crippen molar-refractivity contribution in [3.63, 3.8) is 0 Å². The Morgan fingerprint density at radius 2 is 1.82 bits per heavy atom. The summed E-state index contributed by atoms with van der Waals surface area (Å²) in [5.74, 6) is 0.605. The molecule has 3 N–H and O–H groups in total. The van der Waals surface area contributed by atoms with E-state index < -0.39 is 12.6 Å². The van der Waals surface area contributed by atoms with Gasteiger partial charge in [-0.15, -0.1) is 11.3 Å². The third-order valence-electron chi connectivity index (χ3n) is 6.38. The van der Waals surface area contributed by atoms with Gasteiger partial charge in [0.25, 0.3) is 0 Å². The average Bonchev–Trinajstić information content (AvgIpc) is 3.40. The van der Waals surface area contributed by atoms with E-state index in [1.165, 1.54) is 6.33 Å². The molecule has 176 valence electrons. The number of thiophene rings is 1. The zero-order chi connectivity index (χ0) is 23.9. The molecule has 5 rings (SSSR count). The minimum absolute atomic E-state index is 0.202. The highest BCUT2D eigenvalue weighted by atomic mass is 32.1. The molecular formula is C24H23F3N6S. The van der Waals surface area contributed by atoms with E-state index >= 15 is 0 Å². The Balaban J connectivity index is 1.23. The highest BCUT2D eigenvalue weighted by Gasteiger charge is 2.29. The number of aromatic nitrogens is 3. The summed E-state index contributed by atoms with van der Waals surface area (Å²) in [6.07, 6.45) is -0.0139. The standard InChI is InChI=1S/C24H23F3N6S/c1-13-18-8-16(11-28)32-21(18)7-6-20(13)31-14-2-4-15(5-3-14)33-22-19-9-17(10-24(25,26)27)34-23(19)30-12-29-22/h6-9,12,14-15,31-32H,2-5,10H2,1H3,(H,29,30,33). The van der Waals surface area contributed by atoms with Crippen LogP contribution in [0.5, 0.6) is 0 Å². The Labute approximate surface area is 198 Å².